The Hall–Kier alpha value is -1.84. The Kier molecular flexibility index (Phi) is 5.22. The number of ether oxygens (including phenoxy) is 2. The van der Waals surface area contributed by atoms with Gasteiger partial charge in [0.2, 0.25) is 10.0 Å². The summed E-state index contributed by atoms with van der Waals surface area (Å²) in [4.78, 5) is 11.6. The number of hydrogen-bond acceptors (Lipinski definition) is 7. The molecule has 0 aromatic heterocycles. The molecule has 22 heavy (non-hydrogen) atoms. The maximum absolute atomic E-state index is 12.4. The highest BCUT2D eigenvalue weighted by Crippen LogP contribution is 2.25. The van der Waals surface area contributed by atoms with Crippen molar-refractivity contribution in [2.75, 3.05) is 18.4 Å². The van der Waals surface area contributed by atoms with Gasteiger partial charge in [0.05, 0.1) is 19.4 Å². The van der Waals surface area contributed by atoms with Crippen molar-refractivity contribution in [3.8, 4) is 5.75 Å². The van der Waals surface area contributed by atoms with Gasteiger partial charge in [-0.2, -0.15) is 0 Å². The van der Waals surface area contributed by atoms with E-state index in [0.29, 0.717) is 11.4 Å². The second-order valence-electron chi connectivity index (χ2n) is 4.67. The van der Waals surface area contributed by atoms with Crippen LogP contribution in [0.3, 0.4) is 0 Å². The molecule has 1 aliphatic heterocycles. The Morgan fingerprint density at radius 2 is 2.09 bits per heavy atom. The molecule has 0 aliphatic carbocycles. The van der Waals surface area contributed by atoms with E-state index in [-0.39, 0.29) is 13.0 Å². The van der Waals surface area contributed by atoms with Crippen LogP contribution in [-0.4, -0.2) is 39.5 Å². The minimum absolute atomic E-state index is 0.0727. The van der Waals surface area contributed by atoms with Crippen LogP contribution in [0.4, 0.5) is 5.69 Å². The monoisotopic (exact) mass is 329 g/mol. The number of carbonyl (C=O) groups excluding carboxylic acids is 1. The quantitative estimate of drug-likeness (QED) is 0.640. The Morgan fingerprint density at radius 3 is 2.77 bits per heavy atom. The molecule has 8 nitrogen and oxygen atoms in total. The number of esters is 1. The average Bonchev–Trinajstić information content (AvgIpc) is 2.98. The molecule has 0 amide bonds. The summed E-state index contributed by atoms with van der Waals surface area (Å²) in [6.07, 6.45) is 0.0727. The van der Waals surface area contributed by atoms with Crippen LogP contribution >= 0.6 is 0 Å². The summed E-state index contributed by atoms with van der Waals surface area (Å²) in [5.41, 5.74) is 5.58. The number of benzene rings is 1. The lowest BCUT2D eigenvalue weighted by molar-refractivity contribution is -0.145. The highest BCUT2D eigenvalue weighted by Gasteiger charge is 2.38. The molecular weight excluding hydrogens is 310 g/mol. The van der Waals surface area contributed by atoms with E-state index in [9.17, 15) is 13.2 Å². The van der Waals surface area contributed by atoms with Gasteiger partial charge in [-0.3, -0.25) is 9.52 Å². The number of rotatable bonds is 6. The molecule has 2 rings (SSSR count). The van der Waals surface area contributed by atoms with E-state index in [4.69, 9.17) is 9.47 Å². The molecule has 2 unspecified atom stereocenters. The Morgan fingerprint density at radius 1 is 1.36 bits per heavy atom. The molecule has 1 fully saturated rings. The van der Waals surface area contributed by atoms with E-state index >= 15 is 0 Å². The number of hydrogen-bond donors (Lipinski definition) is 3. The van der Waals surface area contributed by atoms with Crippen molar-refractivity contribution in [2.24, 2.45) is 0 Å². The number of sulfonamides is 1. The molecule has 1 aliphatic rings. The van der Waals surface area contributed by atoms with Crippen molar-refractivity contribution in [2.45, 2.75) is 24.8 Å². The molecule has 1 aromatic carbocycles. The van der Waals surface area contributed by atoms with Gasteiger partial charge in [-0.1, -0.05) is 12.1 Å². The second-order valence-corrected chi connectivity index (χ2v) is 6.53. The first-order valence-corrected chi connectivity index (χ1v) is 8.35. The van der Waals surface area contributed by atoms with Gasteiger partial charge in [-0.15, -0.1) is 0 Å². The first kappa shape index (κ1) is 16.5. The molecule has 0 saturated carbocycles. The van der Waals surface area contributed by atoms with Crippen LogP contribution in [0.15, 0.2) is 24.3 Å². The second kappa shape index (κ2) is 6.95. The van der Waals surface area contributed by atoms with Gasteiger partial charge in [-0.05, 0) is 19.1 Å². The van der Waals surface area contributed by atoms with Crippen molar-refractivity contribution in [3.63, 3.8) is 0 Å². The van der Waals surface area contributed by atoms with Gasteiger partial charge in [0, 0.05) is 6.42 Å². The summed E-state index contributed by atoms with van der Waals surface area (Å²) >= 11 is 0. The van der Waals surface area contributed by atoms with E-state index in [1.54, 1.807) is 31.2 Å². The number of nitrogens with one attached hydrogen (secondary N) is 3. The zero-order valence-corrected chi connectivity index (χ0v) is 13.1. The summed E-state index contributed by atoms with van der Waals surface area (Å²) in [6, 6.07) is 5.99. The van der Waals surface area contributed by atoms with Crippen molar-refractivity contribution >= 4 is 21.7 Å². The average molecular weight is 329 g/mol. The van der Waals surface area contributed by atoms with Gasteiger partial charge in [0.1, 0.15) is 17.2 Å². The van der Waals surface area contributed by atoms with E-state index < -0.39 is 27.4 Å². The first-order valence-electron chi connectivity index (χ1n) is 6.80. The number of carbonyl (C=O) groups is 1. The third-order valence-corrected chi connectivity index (χ3v) is 4.74. The molecule has 0 radical (unpaired) electrons. The molecule has 1 heterocycles. The van der Waals surface area contributed by atoms with E-state index in [2.05, 4.69) is 15.6 Å². The highest BCUT2D eigenvalue weighted by molar-refractivity contribution is 7.93. The minimum atomic E-state index is -3.74. The van der Waals surface area contributed by atoms with Gasteiger partial charge in [0.25, 0.3) is 0 Å². The number of anilines is 1. The topological polar surface area (TPSA) is 106 Å². The van der Waals surface area contributed by atoms with Crippen LogP contribution in [0.25, 0.3) is 0 Å². The molecule has 1 saturated heterocycles. The molecule has 3 N–H and O–H groups in total. The van der Waals surface area contributed by atoms with Crippen molar-refractivity contribution in [1.82, 2.24) is 10.9 Å². The maximum Gasteiger partial charge on any atom is 0.324 e. The highest BCUT2D eigenvalue weighted by atomic mass is 32.2. The minimum Gasteiger partial charge on any atom is -0.495 e. The lowest BCUT2D eigenvalue weighted by atomic mass is 10.2. The van der Waals surface area contributed by atoms with Crippen LogP contribution in [0.2, 0.25) is 0 Å². The lowest BCUT2D eigenvalue weighted by Gasteiger charge is -2.15. The zero-order chi connectivity index (χ0) is 16.2. The standard InChI is InChI=1S/C13H19N3O5S/c1-3-21-13(17)10-8-12(15-14-10)22(18,19)16-9-6-4-5-7-11(9)20-2/h4-7,10,12,14-16H,3,8H2,1-2H3. The number of para-hydroxylation sites is 2. The maximum atomic E-state index is 12.4. The molecule has 2 atom stereocenters. The summed E-state index contributed by atoms with van der Waals surface area (Å²) in [6.45, 7) is 1.94. The zero-order valence-electron chi connectivity index (χ0n) is 12.3. The van der Waals surface area contributed by atoms with E-state index in [1.807, 2.05) is 0 Å². The molecule has 9 heteroatoms. The molecule has 122 valence electrons. The van der Waals surface area contributed by atoms with Gasteiger partial charge in [0.15, 0.2) is 0 Å². The number of methoxy groups -OCH3 is 1. The predicted molar refractivity (Wildman–Crippen MR) is 80.6 cm³/mol. The first-order chi connectivity index (χ1) is 10.5. The van der Waals surface area contributed by atoms with Crippen LogP contribution < -0.4 is 20.3 Å². The van der Waals surface area contributed by atoms with Gasteiger partial charge >= 0.3 is 5.97 Å². The SMILES string of the molecule is CCOC(=O)C1CC(S(=O)(=O)Nc2ccccc2OC)NN1. The Labute approximate surface area is 129 Å². The molecule has 1 aromatic rings. The Bertz CT molecular complexity index is 634. The summed E-state index contributed by atoms with van der Waals surface area (Å²) in [5.74, 6) is -0.0658. The fourth-order valence-corrected chi connectivity index (χ4v) is 3.37. The summed E-state index contributed by atoms with van der Waals surface area (Å²) in [7, 11) is -2.28. The van der Waals surface area contributed by atoms with Crippen LogP contribution in [0, 0.1) is 0 Å². The summed E-state index contributed by atoms with van der Waals surface area (Å²) < 4.78 is 37.2. The van der Waals surface area contributed by atoms with Crippen molar-refractivity contribution < 1.29 is 22.7 Å². The van der Waals surface area contributed by atoms with Crippen molar-refractivity contribution in [3.05, 3.63) is 24.3 Å². The normalized spacial score (nSPS) is 21.4. The molecular formula is C13H19N3O5S. The van der Waals surface area contributed by atoms with E-state index in [1.165, 1.54) is 7.11 Å². The van der Waals surface area contributed by atoms with E-state index in [0.717, 1.165) is 0 Å². The van der Waals surface area contributed by atoms with Gasteiger partial charge in [-0.25, -0.2) is 19.3 Å². The van der Waals surface area contributed by atoms with Crippen LogP contribution in [0.1, 0.15) is 13.3 Å². The predicted octanol–water partition coefficient (Wildman–Crippen LogP) is 0.193. The van der Waals surface area contributed by atoms with Crippen molar-refractivity contribution in [1.29, 1.82) is 0 Å². The largest absolute Gasteiger partial charge is 0.495 e. The fourth-order valence-electron chi connectivity index (χ4n) is 2.08. The molecule has 0 bridgehead atoms. The smallest absolute Gasteiger partial charge is 0.324 e. The Balaban J connectivity index is 2.07. The lowest BCUT2D eigenvalue weighted by Crippen LogP contribution is -2.41. The summed E-state index contributed by atoms with van der Waals surface area (Å²) in [5, 5.41) is -0.952. The third kappa shape index (κ3) is 3.67. The van der Waals surface area contributed by atoms with Gasteiger partial charge < -0.3 is 9.47 Å². The third-order valence-electron chi connectivity index (χ3n) is 3.17. The van der Waals surface area contributed by atoms with Crippen LogP contribution in [0.5, 0.6) is 5.75 Å². The fraction of sp³-hybridized carbons (Fsp3) is 0.462. The molecule has 0 spiro atoms. The van der Waals surface area contributed by atoms with Crippen LogP contribution in [-0.2, 0) is 19.6 Å². The number of hydrazine groups is 1.